The van der Waals surface area contributed by atoms with Gasteiger partial charge in [0.1, 0.15) is 0 Å². The SMILES string of the molecule is C#CCN1CCN(C(=O)CN2CCC(O)CC2)CC1. The Morgan fingerprint density at radius 3 is 2.32 bits per heavy atom. The number of rotatable bonds is 3. The zero-order chi connectivity index (χ0) is 13.7. The van der Waals surface area contributed by atoms with Crippen LogP contribution in [0.5, 0.6) is 0 Å². The number of likely N-dealkylation sites (tertiary alicyclic amines) is 1. The molecule has 2 aliphatic rings. The van der Waals surface area contributed by atoms with Crippen LogP contribution < -0.4 is 0 Å². The van der Waals surface area contributed by atoms with Crippen molar-refractivity contribution in [2.45, 2.75) is 18.9 Å². The molecule has 5 heteroatoms. The number of hydrogen-bond donors (Lipinski definition) is 1. The molecule has 2 aliphatic heterocycles. The first-order valence-electron chi connectivity index (χ1n) is 7.03. The molecule has 0 aliphatic carbocycles. The molecule has 1 amide bonds. The fourth-order valence-electron chi connectivity index (χ4n) is 2.65. The number of piperidine rings is 1. The minimum absolute atomic E-state index is 0.182. The highest BCUT2D eigenvalue weighted by Gasteiger charge is 2.24. The summed E-state index contributed by atoms with van der Waals surface area (Å²) in [5.41, 5.74) is 0. The first-order valence-corrected chi connectivity index (χ1v) is 7.03. The van der Waals surface area contributed by atoms with Crippen molar-refractivity contribution in [2.24, 2.45) is 0 Å². The van der Waals surface area contributed by atoms with E-state index in [4.69, 9.17) is 6.42 Å². The number of carbonyl (C=O) groups excluding carboxylic acids is 1. The average molecular weight is 265 g/mol. The van der Waals surface area contributed by atoms with Crippen molar-refractivity contribution in [1.82, 2.24) is 14.7 Å². The molecular weight excluding hydrogens is 242 g/mol. The Hall–Kier alpha value is -1.09. The normalized spacial score (nSPS) is 23.3. The first kappa shape index (κ1) is 14.3. The molecule has 0 aromatic carbocycles. The number of nitrogens with zero attached hydrogens (tertiary/aromatic N) is 3. The largest absolute Gasteiger partial charge is 0.393 e. The van der Waals surface area contributed by atoms with Gasteiger partial charge in [0.05, 0.1) is 19.2 Å². The van der Waals surface area contributed by atoms with Gasteiger partial charge in [-0.15, -0.1) is 6.42 Å². The topological polar surface area (TPSA) is 47.0 Å². The van der Waals surface area contributed by atoms with Gasteiger partial charge in [0.15, 0.2) is 0 Å². The monoisotopic (exact) mass is 265 g/mol. The van der Waals surface area contributed by atoms with Crippen LogP contribution in [0, 0.1) is 12.3 Å². The maximum absolute atomic E-state index is 12.2. The van der Waals surface area contributed by atoms with Crippen molar-refractivity contribution >= 4 is 5.91 Å². The maximum Gasteiger partial charge on any atom is 0.236 e. The molecule has 0 spiro atoms. The molecule has 1 N–H and O–H groups in total. The van der Waals surface area contributed by atoms with Gasteiger partial charge in [0, 0.05) is 39.3 Å². The molecule has 0 radical (unpaired) electrons. The molecule has 0 aromatic rings. The molecule has 0 unspecified atom stereocenters. The molecule has 19 heavy (non-hydrogen) atoms. The van der Waals surface area contributed by atoms with Gasteiger partial charge < -0.3 is 10.0 Å². The van der Waals surface area contributed by atoms with Crippen LogP contribution in [0.4, 0.5) is 0 Å². The summed E-state index contributed by atoms with van der Waals surface area (Å²) in [5, 5.41) is 9.45. The van der Waals surface area contributed by atoms with Crippen molar-refractivity contribution in [3.63, 3.8) is 0 Å². The highest BCUT2D eigenvalue weighted by molar-refractivity contribution is 5.78. The minimum atomic E-state index is -0.182. The number of hydrogen-bond acceptors (Lipinski definition) is 4. The van der Waals surface area contributed by atoms with Gasteiger partial charge in [0.2, 0.25) is 5.91 Å². The zero-order valence-electron chi connectivity index (χ0n) is 11.4. The third-order valence-electron chi connectivity index (χ3n) is 3.96. The Morgan fingerprint density at radius 2 is 1.74 bits per heavy atom. The Labute approximate surface area is 115 Å². The lowest BCUT2D eigenvalue weighted by molar-refractivity contribution is -0.134. The van der Waals surface area contributed by atoms with Crippen LogP contribution in [0.25, 0.3) is 0 Å². The van der Waals surface area contributed by atoms with Gasteiger partial charge in [-0.3, -0.25) is 14.6 Å². The Kier molecular flexibility index (Phi) is 5.20. The lowest BCUT2D eigenvalue weighted by Gasteiger charge is -2.36. The maximum atomic E-state index is 12.2. The molecule has 106 valence electrons. The summed E-state index contributed by atoms with van der Waals surface area (Å²) in [4.78, 5) is 18.4. The highest BCUT2D eigenvalue weighted by atomic mass is 16.3. The van der Waals surface area contributed by atoms with Crippen molar-refractivity contribution in [3.05, 3.63) is 0 Å². The molecule has 5 nitrogen and oxygen atoms in total. The van der Waals surface area contributed by atoms with Gasteiger partial charge in [-0.2, -0.15) is 0 Å². The summed E-state index contributed by atoms with van der Waals surface area (Å²) in [5.74, 6) is 2.85. The third kappa shape index (κ3) is 4.20. The van der Waals surface area contributed by atoms with Crippen LogP contribution in [-0.4, -0.2) is 84.2 Å². The van der Waals surface area contributed by atoms with E-state index in [1.54, 1.807) is 0 Å². The highest BCUT2D eigenvalue weighted by Crippen LogP contribution is 2.10. The summed E-state index contributed by atoms with van der Waals surface area (Å²) < 4.78 is 0. The second-order valence-corrected chi connectivity index (χ2v) is 5.37. The molecule has 0 bridgehead atoms. The van der Waals surface area contributed by atoms with Gasteiger partial charge >= 0.3 is 0 Å². The molecule has 0 saturated carbocycles. The molecular formula is C14H23N3O2. The van der Waals surface area contributed by atoms with Crippen LogP contribution >= 0.6 is 0 Å². The van der Waals surface area contributed by atoms with Crippen molar-refractivity contribution in [2.75, 3.05) is 52.4 Å². The summed E-state index contributed by atoms with van der Waals surface area (Å²) in [7, 11) is 0. The number of aliphatic hydroxyl groups excluding tert-OH is 1. The van der Waals surface area contributed by atoms with Gasteiger partial charge in [-0.25, -0.2) is 0 Å². The Balaban J connectivity index is 1.71. The number of amides is 1. The van der Waals surface area contributed by atoms with E-state index < -0.39 is 0 Å². The van der Waals surface area contributed by atoms with Crippen molar-refractivity contribution in [1.29, 1.82) is 0 Å². The molecule has 2 rings (SSSR count). The lowest BCUT2D eigenvalue weighted by atomic mass is 10.1. The van der Waals surface area contributed by atoms with E-state index in [2.05, 4.69) is 15.7 Å². The van der Waals surface area contributed by atoms with E-state index in [0.717, 1.165) is 52.1 Å². The summed E-state index contributed by atoms with van der Waals surface area (Å²) >= 11 is 0. The lowest BCUT2D eigenvalue weighted by Crippen LogP contribution is -2.52. The van der Waals surface area contributed by atoms with E-state index in [9.17, 15) is 9.90 Å². The standard InChI is InChI=1S/C14H23N3O2/c1-2-5-15-8-10-17(11-9-15)14(19)12-16-6-3-13(18)4-7-16/h1,13,18H,3-12H2. The van der Waals surface area contributed by atoms with E-state index in [1.165, 1.54) is 0 Å². The Bertz CT molecular complexity index is 337. The van der Waals surface area contributed by atoms with Gasteiger partial charge in [-0.05, 0) is 12.8 Å². The average Bonchev–Trinajstić information content (AvgIpc) is 2.42. The number of piperazine rings is 1. The van der Waals surface area contributed by atoms with Crippen LogP contribution in [0.15, 0.2) is 0 Å². The second-order valence-electron chi connectivity index (χ2n) is 5.37. The molecule has 2 saturated heterocycles. The summed E-state index contributed by atoms with van der Waals surface area (Å²) in [6.07, 6.45) is 6.67. The predicted molar refractivity (Wildman–Crippen MR) is 73.5 cm³/mol. The first-order chi connectivity index (χ1) is 9.19. The van der Waals surface area contributed by atoms with Crippen LogP contribution in [0.1, 0.15) is 12.8 Å². The fourth-order valence-corrected chi connectivity index (χ4v) is 2.65. The molecule has 0 atom stereocenters. The van der Waals surface area contributed by atoms with Crippen molar-refractivity contribution in [3.8, 4) is 12.3 Å². The Morgan fingerprint density at radius 1 is 1.11 bits per heavy atom. The third-order valence-corrected chi connectivity index (χ3v) is 3.96. The zero-order valence-corrected chi connectivity index (χ0v) is 11.4. The molecule has 0 aromatic heterocycles. The molecule has 2 heterocycles. The number of carbonyl (C=O) groups is 1. The summed E-state index contributed by atoms with van der Waals surface area (Å²) in [6.45, 7) is 6.10. The minimum Gasteiger partial charge on any atom is -0.393 e. The summed E-state index contributed by atoms with van der Waals surface area (Å²) in [6, 6.07) is 0. The predicted octanol–water partition coefficient (Wildman–Crippen LogP) is -0.779. The van der Waals surface area contributed by atoms with E-state index in [-0.39, 0.29) is 12.0 Å². The number of terminal acetylenes is 1. The van der Waals surface area contributed by atoms with E-state index in [0.29, 0.717) is 13.1 Å². The van der Waals surface area contributed by atoms with Crippen LogP contribution in [0.3, 0.4) is 0 Å². The van der Waals surface area contributed by atoms with Crippen molar-refractivity contribution < 1.29 is 9.90 Å². The number of aliphatic hydroxyl groups is 1. The van der Waals surface area contributed by atoms with Gasteiger partial charge in [0.25, 0.3) is 0 Å². The van der Waals surface area contributed by atoms with Gasteiger partial charge in [-0.1, -0.05) is 5.92 Å². The van der Waals surface area contributed by atoms with E-state index in [1.807, 2.05) is 4.90 Å². The quantitative estimate of drug-likeness (QED) is 0.680. The van der Waals surface area contributed by atoms with E-state index >= 15 is 0 Å². The smallest absolute Gasteiger partial charge is 0.236 e. The second kappa shape index (κ2) is 6.90. The molecule has 2 fully saturated rings. The van der Waals surface area contributed by atoms with Crippen LogP contribution in [0.2, 0.25) is 0 Å². The fraction of sp³-hybridized carbons (Fsp3) is 0.786. The van der Waals surface area contributed by atoms with Crippen LogP contribution in [-0.2, 0) is 4.79 Å².